The number of hydrogen-bond donors (Lipinski definition) is 3. The molecular formula is C12H19ClN4O3. The minimum atomic E-state index is -1.21. The van der Waals surface area contributed by atoms with Crippen LogP contribution in [-0.4, -0.2) is 45.4 Å². The van der Waals surface area contributed by atoms with Crippen molar-refractivity contribution >= 4 is 24.3 Å². The van der Waals surface area contributed by atoms with E-state index >= 15 is 0 Å². The summed E-state index contributed by atoms with van der Waals surface area (Å²) < 4.78 is 1.66. The lowest BCUT2D eigenvalue weighted by Gasteiger charge is -2.24. The maximum Gasteiger partial charge on any atom is 0.330 e. The Kier molecular flexibility index (Phi) is 5.13. The summed E-state index contributed by atoms with van der Waals surface area (Å²) in [5, 5.41) is 18.9. The Morgan fingerprint density at radius 1 is 1.55 bits per heavy atom. The van der Waals surface area contributed by atoms with Gasteiger partial charge in [0.25, 0.3) is 5.91 Å². The molecule has 0 saturated carbocycles. The van der Waals surface area contributed by atoms with Gasteiger partial charge in [0.15, 0.2) is 5.54 Å². The highest BCUT2D eigenvalue weighted by Gasteiger charge is 2.43. The molecular weight excluding hydrogens is 284 g/mol. The van der Waals surface area contributed by atoms with Crippen LogP contribution >= 0.6 is 12.4 Å². The number of carboxylic acids is 1. The molecule has 1 aliphatic heterocycles. The number of carbonyl (C=O) groups is 2. The van der Waals surface area contributed by atoms with E-state index in [1.54, 1.807) is 10.9 Å². The molecule has 20 heavy (non-hydrogen) atoms. The van der Waals surface area contributed by atoms with Crippen molar-refractivity contribution in [2.45, 2.75) is 31.8 Å². The number of rotatable bonds is 4. The van der Waals surface area contributed by atoms with Crippen LogP contribution in [0.15, 0.2) is 12.4 Å². The van der Waals surface area contributed by atoms with E-state index < -0.39 is 17.4 Å². The average molecular weight is 303 g/mol. The fourth-order valence-electron chi connectivity index (χ4n) is 2.06. The van der Waals surface area contributed by atoms with Crippen molar-refractivity contribution in [3.63, 3.8) is 0 Å². The van der Waals surface area contributed by atoms with Crippen molar-refractivity contribution in [2.75, 3.05) is 13.1 Å². The molecule has 0 spiro atoms. The summed E-state index contributed by atoms with van der Waals surface area (Å²) in [6.45, 7) is 4.73. The summed E-state index contributed by atoms with van der Waals surface area (Å²) in [5.41, 5.74) is -0.835. The molecule has 0 radical (unpaired) electrons. The number of carboxylic acid groups (broad SMARTS) is 1. The van der Waals surface area contributed by atoms with Gasteiger partial charge in [0.05, 0.1) is 11.8 Å². The summed E-state index contributed by atoms with van der Waals surface area (Å²) >= 11 is 0. The predicted molar refractivity (Wildman–Crippen MR) is 75.2 cm³/mol. The smallest absolute Gasteiger partial charge is 0.330 e. The molecule has 7 nitrogen and oxygen atoms in total. The number of amides is 1. The molecule has 1 unspecified atom stereocenters. The fourth-order valence-corrected chi connectivity index (χ4v) is 2.06. The standard InChI is InChI=1S/C12H18N4O3.ClH/c1-8(2)16-6-9(5-14-16)10(17)15-12(11(18)19)3-4-13-7-12;/h5-6,8,13H,3-4,7H2,1-2H3,(H,15,17)(H,18,19);1H. The maximum absolute atomic E-state index is 12.1. The van der Waals surface area contributed by atoms with Crippen LogP contribution in [0.4, 0.5) is 0 Å². The summed E-state index contributed by atoms with van der Waals surface area (Å²) in [4.78, 5) is 23.4. The van der Waals surface area contributed by atoms with Gasteiger partial charge in [-0.05, 0) is 26.8 Å². The van der Waals surface area contributed by atoms with Crippen molar-refractivity contribution in [1.29, 1.82) is 0 Å². The average Bonchev–Trinajstić information content (AvgIpc) is 2.97. The van der Waals surface area contributed by atoms with E-state index in [1.165, 1.54) is 6.20 Å². The van der Waals surface area contributed by atoms with E-state index in [-0.39, 0.29) is 25.0 Å². The molecule has 2 heterocycles. The van der Waals surface area contributed by atoms with Gasteiger partial charge in [-0.25, -0.2) is 4.79 Å². The number of carbonyl (C=O) groups excluding carboxylic acids is 1. The molecule has 1 aromatic heterocycles. The molecule has 1 aromatic rings. The lowest BCUT2D eigenvalue weighted by molar-refractivity contribution is -0.143. The van der Waals surface area contributed by atoms with Crippen LogP contribution in [0, 0.1) is 0 Å². The van der Waals surface area contributed by atoms with Crippen LogP contribution in [0.25, 0.3) is 0 Å². The highest BCUT2D eigenvalue weighted by atomic mass is 35.5. The summed E-state index contributed by atoms with van der Waals surface area (Å²) in [6.07, 6.45) is 3.46. The molecule has 1 fully saturated rings. The number of nitrogens with one attached hydrogen (secondary N) is 2. The monoisotopic (exact) mass is 302 g/mol. The molecule has 1 aliphatic rings. The Morgan fingerprint density at radius 2 is 2.25 bits per heavy atom. The number of aliphatic carboxylic acids is 1. The maximum atomic E-state index is 12.1. The molecule has 1 amide bonds. The minimum absolute atomic E-state index is 0. The summed E-state index contributed by atoms with van der Waals surface area (Å²) in [6, 6.07) is 0.156. The van der Waals surface area contributed by atoms with Gasteiger partial charge < -0.3 is 15.7 Å². The Balaban J connectivity index is 0.00000200. The van der Waals surface area contributed by atoms with E-state index in [0.717, 1.165) is 0 Å². The van der Waals surface area contributed by atoms with Crippen molar-refractivity contribution in [1.82, 2.24) is 20.4 Å². The zero-order chi connectivity index (χ0) is 14.0. The molecule has 1 atom stereocenters. The Bertz CT molecular complexity index is 495. The predicted octanol–water partition coefficient (Wildman–Crippen LogP) is 0.432. The fraction of sp³-hybridized carbons (Fsp3) is 0.583. The van der Waals surface area contributed by atoms with Crippen molar-refractivity contribution in [3.8, 4) is 0 Å². The summed E-state index contributed by atoms with van der Waals surface area (Å²) in [5.74, 6) is -1.42. The van der Waals surface area contributed by atoms with Crippen molar-refractivity contribution < 1.29 is 14.7 Å². The van der Waals surface area contributed by atoms with E-state index in [0.29, 0.717) is 18.5 Å². The lowest BCUT2D eigenvalue weighted by Crippen LogP contribution is -2.56. The van der Waals surface area contributed by atoms with Gasteiger partial charge in [0, 0.05) is 18.8 Å². The van der Waals surface area contributed by atoms with Crippen LogP contribution in [0.5, 0.6) is 0 Å². The SMILES string of the molecule is CC(C)n1cc(C(=O)NC2(C(=O)O)CCNC2)cn1.Cl. The van der Waals surface area contributed by atoms with E-state index in [4.69, 9.17) is 0 Å². The van der Waals surface area contributed by atoms with Crippen LogP contribution in [-0.2, 0) is 4.79 Å². The van der Waals surface area contributed by atoms with Gasteiger partial charge >= 0.3 is 5.97 Å². The molecule has 1 saturated heterocycles. The van der Waals surface area contributed by atoms with Crippen LogP contribution < -0.4 is 10.6 Å². The second-order valence-electron chi connectivity index (χ2n) is 5.07. The van der Waals surface area contributed by atoms with Crippen molar-refractivity contribution in [2.24, 2.45) is 0 Å². The third-order valence-corrected chi connectivity index (χ3v) is 3.31. The lowest BCUT2D eigenvalue weighted by atomic mass is 9.98. The summed E-state index contributed by atoms with van der Waals surface area (Å²) in [7, 11) is 0. The molecule has 112 valence electrons. The molecule has 3 N–H and O–H groups in total. The van der Waals surface area contributed by atoms with Gasteiger partial charge in [-0.1, -0.05) is 0 Å². The van der Waals surface area contributed by atoms with Crippen LogP contribution in [0.1, 0.15) is 36.7 Å². The number of aromatic nitrogens is 2. The Morgan fingerprint density at radius 3 is 2.70 bits per heavy atom. The molecule has 0 bridgehead atoms. The first-order chi connectivity index (χ1) is 8.94. The van der Waals surface area contributed by atoms with Gasteiger partial charge in [-0.3, -0.25) is 9.48 Å². The third kappa shape index (κ3) is 3.10. The first kappa shape index (κ1) is 16.5. The molecule has 8 heteroatoms. The first-order valence-electron chi connectivity index (χ1n) is 6.25. The van der Waals surface area contributed by atoms with Crippen LogP contribution in [0.2, 0.25) is 0 Å². The van der Waals surface area contributed by atoms with Crippen LogP contribution in [0.3, 0.4) is 0 Å². The van der Waals surface area contributed by atoms with E-state index in [9.17, 15) is 14.7 Å². The van der Waals surface area contributed by atoms with E-state index in [1.807, 2.05) is 13.8 Å². The molecule has 0 aromatic carbocycles. The second kappa shape index (κ2) is 6.23. The highest BCUT2D eigenvalue weighted by Crippen LogP contribution is 2.16. The minimum Gasteiger partial charge on any atom is -0.479 e. The number of hydrogen-bond acceptors (Lipinski definition) is 4. The number of nitrogens with zero attached hydrogens (tertiary/aromatic N) is 2. The van der Waals surface area contributed by atoms with Gasteiger partial charge in [0.2, 0.25) is 0 Å². The van der Waals surface area contributed by atoms with Gasteiger partial charge in [0.1, 0.15) is 0 Å². The highest BCUT2D eigenvalue weighted by molar-refractivity contribution is 5.97. The Labute approximate surface area is 123 Å². The second-order valence-corrected chi connectivity index (χ2v) is 5.07. The topological polar surface area (TPSA) is 96.2 Å². The Hall–Kier alpha value is -1.60. The zero-order valence-corrected chi connectivity index (χ0v) is 12.2. The van der Waals surface area contributed by atoms with Gasteiger partial charge in [-0.2, -0.15) is 5.10 Å². The third-order valence-electron chi connectivity index (χ3n) is 3.31. The first-order valence-corrected chi connectivity index (χ1v) is 6.25. The zero-order valence-electron chi connectivity index (χ0n) is 11.4. The van der Waals surface area contributed by atoms with E-state index in [2.05, 4.69) is 15.7 Å². The largest absolute Gasteiger partial charge is 0.479 e. The molecule has 2 rings (SSSR count). The quantitative estimate of drug-likeness (QED) is 0.749. The normalized spacial score (nSPS) is 21.6. The van der Waals surface area contributed by atoms with Gasteiger partial charge in [-0.15, -0.1) is 12.4 Å². The molecule has 0 aliphatic carbocycles. The van der Waals surface area contributed by atoms with Crippen molar-refractivity contribution in [3.05, 3.63) is 18.0 Å². The number of halogens is 1.